The van der Waals surface area contributed by atoms with Crippen molar-refractivity contribution in [3.05, 3.63) is 0 Å². The van der Waals surface area contributed by atoms with Crippen molar-refractivity contribution < 1.29 is 4.79 Å². The Morgan fingerprint density at radius 3 is 2.29 bits per heavy atom. The van der Waals surface area contributed by atoms with Crippen molar-refractivity contribution in [3.63, 3.8) is 0 Å². The van der Waals surface area contributed by atoms with Gasteiger partial charge in [0.1, 0.15) is 5.78 Å². The van der Waals surface area contributed by atoms with Gasteiger partial charge in [0.05, 0.1) is 6.04 Å². The lowest BCUT2D eigenvalue weighted by molar-refractivity contribution is -0.156. The van der Waals surface area contributed by atoms with Crippen LogP contribution in [-0.4, -0.2) is 18.4 Å². The first-order valence-corrected chi connectivity index (χ1v) is 5.54. The van der Waals surface area contributed by atoms with E-state index in [1.807, 2.05) is 0 Å². The Labute approximate surface area is 86.5 Å². The minimum Gasteiger partial charge on any atom is -0.307 e. The van der Waals surface area contributed by atoms with Gasteiger partial charge in [-0.05, 0) is 36.1 Å². The normalized spacial score (nSPS) is 42.8. The molecule has 0 aromatic heterocycles. The molecule has 1 aliphatic heterocycles. The molecule has 0 aromatic carbocycles. The van der Waals surface area contributed by atoms with Gasteiger partial charge in [0.25, 0.3) is 0 Å². The molecule has 1 saturated carbocycles. The number of ketones is 1. The maximum Gasteiger partial charge on any atom is 0.146 e. The molecule has 1 N–H and O–H groups in total. The molecule has 2 fully saturated rings. The number of hydrogen-bond acceptors (Lipinski definition) is 2. The minimum absolute atomic E-state index is 0.114. The Morgan fingerprint density at radius 2 is 1.79 bits per heavy atom. The molecule has 1 aliphatic carbocycles. The van der Waals surface area contributed by atoms with Crippen LogP contribution in [0.15, 0.2) is 0 Å². The van der Waals surface area contributed by atoms with Gasteiger partial charge in [-0.1, -0.05) is 27.7 Å². The zero-order valence-electron chi connectivity index (χ0n) is 9.85. The average Bonchev–Trinajstić information content (AvgIpc) is 2.46. The summed E-state index contributed by atoms with van der Waals surface area (Å²) < 4.78 is 0. The predicted octanol–water partition coefficient (Wildman–Crippen LogP) is 1.85. The molecule has 80 valence electrons. The highest BCUT2D eigenvalue weighted by Crippen LogP contribution is 2.66. The third kappa shape index (κ3) is 0.928. The van der Waals surface area contributed by atoms with E-state index in [0.717, 1.165) is 6.54 Å². The molecular formula is C12H21NO. The van der Waals surface area contributed by atoms with Gasteiger partial charge in [-0.3, -0.25) is 4.79 Å². The van der Waals surface area contributed by atoms with Crippen LogP contribution in [0.1, 0.15) is 34.6 Å². The Hall–Kier alpha value is -0.370. The fourth-order valence-corrected chi connectivity index (χ4v) is 3.57. The van der Waals surface area contributed by atoms with E-state index in [1.54, 1.807) is 6.92 Å². The van der Waals surface area contributed by atoms with E-state index in [0.29, 0.717) is 23.0 Å². The van der Waals surface area contributed by atoms with Crippen LogP contribution in [0.4, 0.5) is 0 Å². The van der Waals surface area contributed by atoms with Crippen LogP contribution >= 0.6 is 0 Å². The molecular weight excluding hydrogens is 174 g/mol. The Balaban J connectivity index is 2.28. The fourth-order valence-electron chi connectivity index (χ4n) is 3.57. The molecule has 14 heavy (non-hydrogen) atoms. The van der Waals surface area contributed by atoms with Crippen molar-refractivity contribution in [2.75, 3.05) is 6.54 Å². The van der Waals surface area contributed by atoms with E-state index in [4.69, 9.17) is 0 Å². The number of carbonyl (C=O) groups is 1. The highest BCUT2D eigenvalue weighted by Gasteiger charge is 2.66. The Bertz CT molecular complexity index is 280. The Morgan fingerprint density at radius 1 is 1.21 bits per heavy atom. The van der Waals surface area contributed by atoms with Crippen molar-refractivity contribution in [1.82, 2.24) is 5.32 Å². The van der Waals surface area contributed by atoms with E-state index < -0.39 is 0 Å². The maximum atomic E-state index is 11.5. The van der Waals surface area contributed by atoms with Crippen LogP contribution < -0.4 is 5.32 Å². The van der Waals surface area contributed by atoms with Crippen LogP contribution in [-0.2, 0) is 4.79 Å². The first-order valence-electron chi connectivity index (χ1n) is 5.54. The summed E-state index contributed by atoms with van der Waals surface area (Å²) in [7, 11) is 0. The van der Waals surface area contributed by atoms with Crippen molar-refractivity contribution in [2.45, 2.75) is 40.7 Å². The molecule has 0 spiro atoms. The van der Waals surface area contributed by atoms with Gasteiger partial charge in [-0.15, -0.1) is 0 Å². The molecule has 2 heteroatoms. The van der Waals surface area contributed by atoms with Gasteiger partial charge < -0.3 is 5.32 Å². The minimum atomic E-state index is 0.114. The second-order valence-electron chi connectivity index (χ2n) is 6.07. The number of nitrogens with one attached hydrogen (secondary N) is 1. The molecule has 2 rings (SSSR count). The molecule has 0 amide bonds. The van der Waals surface area contributed by atoms with Crippen molar-refractivity contribution in [2.24, 2.45) is 22.7 Å². The second kappa shape index (κ2) is 2.60. The fraction of sp³-hybridized carbons (Fsp3) is 0.917. The number of carbonyl (C=O) groups excluding carboxylic acids is 1. The SMILES string of the molecule is CC(=O)[C@H]1NC[C@H]2[C@@H]1C(C)(C)C2(C)C. The van der Waals surface area contributed by atoms with E-state index >= 15 is 0 Å². The third-order valence-electron chi connectivity index (χ3n) is 5.21. The molecule has 2 aliphatic rings. The summed E-state index contributed by atoms with van der Waals surface area (Å²) in [5, 5.41) is 3.38. The first-order chi connectivity index (χ1) is 6.30. The van der Waals surface area contributed by atoms with Gasteiger partial charge in [-0.2, -0.15) is 0 Å². The lowest BCUT2D eigenvalue weighted by Crippen LogP contribution is -2.61. The van der Waals surface area contributed by atoms with E-state index in [-0.39, 0.29) is 11.5 Å². The topological polar surface area (TPSA) is 29.1 Å². The molecule has 2 nitrogen and oxygen atoms in total. The highest BCUT2D eigenvalue weighted by atomic mass is 16.1. The summed E-state index contributed by atoms with van der Waals surface area (Å²) in [4.78, 5) is 11.5. The highest BCUT2D eigenvalue weighted by molar-refractivity contribution is 5.82. The zero-order valence-corrected chi connectivity index (χ0v) is 9.85. The first kappa shape index (κ1) is 10.2. The van der Waals surface area contributed by atoms with Crippen molar-refractivity contribution >= 4 is 5.78 Å². The number of rotatable bonds is 1. The lowest BCUT2D eigenvalue weighted by Gasteiger charge is -2.63. The van der Waals surface area contributed by atoms with Gasteiger partial charge in [0, 0.05) is 0 Å². The zero-order chi connectivity index (χ0) is 10.7. The van der Waals surface area contributed by atoms with Gasteiger partial charge in [-0.25, -0.2) is 0 Å². The molecule has 0 unspecified atom stereocenters. The molecule has 1 heterocycles. The summed E-state index contributed by atoms with van der Waals surface area (Å²) in [5.74, 6) is 1.54. The van der Waals surface area contributed by atoms with Crippen LogP contribution in [0, 0.1) is 22.7 Å². The van der Waals surface area contributed by atoms with Crippen molar-refractivity contribution in [3.8, 4) is 0 Å². The lowest BCUT2D eigenvalue weighted by atomic mass is 9.40. The van der Waals surface area contributed by atoms with Gasteiger partial charge >= 0.3 is 0 Å². The largest absolute Gasteiger partial charge is 0.307 e. The standard InChI is InChI=1S/C12H21NO/c1-7(14)10-9-8(6-13-10)11(2,3)12(9,4)5/h8-10,13H,6H2,1-5H3/t8-,9-,10+/m0/s1. The summed E-state index contributed by atoms with van der Waals surface area (Å²) in [5.41, 5.74) is 0.659. The summed E-state index contributed by atoms with van der Waals surface area (Å²) in [6, 6.07) is 0.114. The molecule has 0 radical (unpaired) electrons. The maximum absolute atomic E-state index is 11.5. The van der Waals surface area contributed by atoms with E-state index in [1.165, 1.54) is 0 Å². The van der Waals surface area contributed by atoms with Gasteiger partial charge in [0.15, 0.2) is 0 Å². The van der Waals surface area contributed by atoms with E-state index in [2.05, 4.69) is 33.0 Å². The number of Topliss-reactive ketones (excluding diaryl/α,β-unsaturated/α-hetero) is 1. The number of fused-ring (bicyclic) bond motifs is 1. The van der Waals surface area contributed by atoms with Crippen LogP contribution in [0.5, 0.6) is 0 Å². The van der Waals surface area contributed by atoms with E-state index in [9.17, 15) is 4.79 Å². The Kier molecular flexibility index (Phi) is 1.89. The van der Waals surface area contributed by atoms with Crippen molar-refractivity contribution in [1.29, 1.82) is 0 Å². The third-order valence-corrected chi connectivity index (χ3v) is 5.21. The smallest absolute Gasteiger partial charge is 0.146 e. The van der Waals surface area contributed by atoms with Gasteiger partial charge in [0.2, 0.25) is 0 Å². The summed E-state index contributed by atoms with van der Waals surface area (Å²) in [6.45, 7) is 12.0. The monoisotopic (exact) mass is 195 g/mol. The molecule has 1 saturated heterocycles. The quantitative estimate of drug-likeness (QED) is 0.692. The predicted molar refractivity (Wildman–Crippen MR) is 57.0 cm³/mol. The van der Waals surface area contributed by atoms with Crippen LogP contribution in [0.3, 0.4) is 0 Å². The molecule has 0 bridgehead atoms. The van der Waals surface area contributed by atoms with Crippen LogP contribution in [0.2, 0.25) is 0 Å². The average molecular weight is 195 g/mol. The molecule has 0 aromatic rings. The molecule has 3 atom stereocenters. The van der Waals surface area contributed by atoms with Crippen LogP contribution in [0.25, 0.3) is 0 Å². The second-order valence-corrected chi connectivity index (χ2v) is 6.07. The summed E-state index contributed by atoms with van der Waals surface area (Å²) >= 11 is 0. The summed E-state index contributed by atoms with van der Waals surface area (Å²) in [6.07, 6.45) is 0. The number of hydrogen-bond donors (Lipinski definition) is 1.